The van der Waals surface area contributed by atoms with E-state index < -0.39 is 9.84 Å². The van der Waals surface area contributed by atoms with E-state index in [0.717, 1.165) is 0 Å². The Balaban J connectivity index is 1.62. The summed E-state index contributed by atoms with van der Waals surface area (Å²) in [6.45, 7) is 1.82. The molecule has 0 bridgehead atoms. The van der Waals surface area contributed by atoms with Crippen LogP contribution in [0.4, 0.5) is 0 Å². The number of fused-ring (bicyclic) bond motifs is 1. The van der Waals surface area contributed by atoms with Crippen LogP contribution in [-0.2, 0) is 9.84 Å². The Morgan fingerprint density at radius 2 is 1.79 bits per heavy atom. The van der Waals surface area contributed by atoms with Crippen molar-refractivity contribution in [3.8, 4) is 5.69 Å². The van der Waals surface area contributed by atoms with Crippen LogP contribution in [0, 0.1) is 6.92 Å². The Morgan fingerprint density at radius 1 is 1.06 bits per heavy atom. The first-order chi connectivity index (χ1) is 15.8. The van der Waals surface area contributed by atoms with Crippen LogP contribution in [0.3, 0.4) is 0 Å². The summed E-state index contributed by atoms with van der Waals surface area (Å²) in [5.74, 6) is 0.635. The van der Waals surface area contributed by atoms with E-state index in [9.17, 15) is 13.2 Å². The third kappa shape index (κ3) is 4.00. The summed E-state index contributed by atoms with van der Waals surface area (Å²) in [5, 5.41) is 5.40. The summed E-state index contributed by atoms with van der Waals surface area (Å²) >= 11 is 6.62. The van der Waals surface area contributed by atoms with Gasteiger partial charge in [0.15, 0.2) is 9.84 Å². The van der Waals surface area contributed by atoms with Gasteiger partial charge in [-0.2, -0.15) is 5.10 Å². The van der Waals surface area contributed by atoms with Crippen molar-refractivity contribution in [2.45, 2.75) is 19.4 Å². The van der Waals surface area contributed by atoms with Gasteiger partial charge in [-0.05, 0) is 49.8 Å². The molecule has 0 radical (unpaired) electrons. The van der Waals surface area contributed by atoms with E-state index in [-0.39, 0.29) is 23.1 Å². The average Bonchev–Trinajstić information content (AvgIpc) is 3.30. The third-order valence-corrected chi connectivity index (χ3v) is 7.97. The van der Waals surface area contributed by atoms with E-state index >= 15 is 0 Å². The second-order valence-corrected chi connectivity index (χ2v) is 10.7. The molecule has 2 aromatic carbocycles. The number of aromatic nitrogens is 4. The van der Waals surface area contributed by atoms with Gasteiger partial charge in [-0.25, -0.2) is 18.1 Å². The first-order valence-electron chi connectivity index (χ1n) is 10.5. The molecular formula is C24H21ClN4O3S. The molecular weight excluding hydrogens is 460 g/mol. The molecule has 4 aromatic rings. The molecule has 168 valence electrons. The van der Waals surface area contributed by atoms with E-state index in [1.165, 1.54) is 0 Å². The molecule has 9 heteroatoms. The van der Waals surface area contributed by atoms with Crippen molar-refractivity contribution in [1.29, 1.82) is 0 Å². The van der Waals surface area contributed by atoms with Crippen LogP contribution in [0.5, 0.6) is 0 Å². The van der Waals surface area contributed by atoms with E-state index in [2.05, 4.69) is 5.10 Å². The zero-order valence-corrected chi connectivity index (χ0v) is 19.4. The maximum absolute atomic E-state index is 13.3. The number of hydrogen-bond acceptors (Lipinski definition) is 5. The fourth-order valence-electron chi connectivity index (χ4n) is 4.18. The molecule has 3 heterocycles. The van der Waals surface area contributed by atoms with Crippen LogP contribution < -0.4 is 5.56 Å². The maximum Gasteiger partial charge on any atom is 0.266 e. The zero-order chi connectivity index (χ0) is 23.2. The predicted octanol–water partition coefficient (Wildman–Crippen LogP) is 4.07. The van der Waals surface area contributed by atoms with Crippen molar-refractivity contribution in [1.82, 2.24) is 19.3 Å². The SMILES string of the molecule is Cc1nn(C2CCS(=O)(=O)C2)c(Cl)c1/C=C/c1nc2ccccc2c(=O)n1-c1ccccc1. The number of para-hydroxylation sites is 2. The molecule has 1 atom stereocenters. The number of halogens is 1. The molecule has 5 rings (SSSR count). The molecule has 33 heavy (non-hydrogen) atoms. The molecule has 1 aliphatic rings. The van der Waals surface area contributed by atoms with Crippen molar-refractivity contribution in [2.24, 2.45) is 0 Å². The number of aryl methyl sites for hydroxylation is 1. The monoisotopic (exact) mass is 480 g/mol. The molecule has 1 aliphatic heterocycles. The van der Waals surface area contributed by atoms with Gasteiger partial charge in [-0.3, -0.25) is 9.36 Å². The van der Waals surface area contributed by atoms with Gasteiger partial charge < -0.3 is 0 Å². The summed E-state index contributed by atoms with van der Waals surface area (Å²) in [6.07, 6.45) is 4.01. The summed E-state index contributed by atoms with van der Waals surface area (Å²) in [7, 11) is -3.07. The molecule has 0 N–H and O–H groups in total. The van der Waals surface area contributed by atoms with Crippen molar-refractivity contribution in [3.05, 3.63) is 87.2 Å². The Morgan fingerprint density at radius 3 is 2.52 bits per heavy atom. The van der Waals surface area contributed by atoms with Crippen LogP contribution in [0.2, 0.25) is 5.15 Å². The first kappa shape index (κ1) is 21.6. The van der Waals surface area contributed by atoms with Gasteiger partial charge in [-0.1, -0.05) is 41.9 Å². The summed E-state index contributed by atoms with van der Waals surface area (Å²) < 4.78 is 27.0. The maximum atomic E-state index is 13.3. The normalized spacial score (nSPS) is 17.8. The lowest BCUT2D eigenvalue weighted by molar-refractivity contribution is 0.497. The van der Waals surface area contributed by atoms with Crippen LogP contribution in [-0.4, -0.2) is 39.3 Å². The number of sulfone groups is 1. The largest absolute Gasteiger partial charge is 0.268 e. The van der Waals surface area contributed by atoms with Gasteiger partial charge in [0.05, 0.1) is 39.8 Å². The van der Waals surface area contributed by atoms with E-state index in [0.29, 0.717) is 45.2 Å². The topological polar surface area (TPSA) is 86.8 Å². The molecule has 1 fully saturated rings. The van der Waals surface area contributed by atoms with Crippen LogP contribution >= 0.6 is 11.6 Å². The highest BCUT2D eigenvalue weighted by Crippen LogP contribution is 2.31. The lowest BCUT2D eigenvalue weighted by Gasteiger charge is -2.11. The average molecular weight is 481 g/mol. The van der Waals surface area contributed by atoms with Gasteiger partial charge in [0.1, 0.15) is 11.0 Å². The molecule has 0 amide bonds. The lowest BCUT2D eigenvalue weighted by atomic mass is 10.2. The van der Waals surface area contributed by atoms with Crippen LogP contribution in [0.15, 0.2) is 59.4 Å². The van der Waals surface area contributed by atoms with E-state index in [1.54, 1.807) is 33.5 Å². The minimum absolute atomic E-state index is 0.0385. The summed E-state index contributed by atoms with van der Waals surface area (Å²) in [5.41, 5.74) is 2.48. The second-order valence-electron chi connectivity index (χ2n) is 8.09. The molecule has 1 unspecified atom stereocenters. The number of hydrogen-bond donors (Lipinski definition) is 0. The first-order valence-corrected chi connectivity index (χ1v) is 12.7. The molecule has 0 aliphatic carbocycles. The minimum Gasteiger partial charge on any atom is -0.268 e. The summed E-state index contributed by atoms with van der Waals surface area (Å²) in [4.78, 5) is 18.0. The molecule has 0 spiro atoms. The molecule has 2 aromatic heterocycles. The van der Waals surface area contributed by atoms with Gasteiger partial charge in [0.25, 0.3) is 5.56 Å². The molecule has 0 saturated carbocycles. The molecule has 1 saturated heterocycles. The van der Waals surface area contributed by atoms with Crippen molar-refractivity contribution < 1.29 is 8.42 Å². The zero-order valence-electron chi connectivity index (χ0n) is 17.8. The van der Waals surface area contributed by atoms with Crippen LogP contribution in [0.25, 0.3) is 28.7 Å². The number of benzene rings is 2. The Kier molecular flexibility index (Phi) is 5.42. The fourth-order valence-corrected chi connectivity index (χ4v) is 6.25. The van der Waals surface area contributed by atoms with Gasteiger partial charge in [-0.15, -0.1) is 0 Å². The quantitative estimate of drug-likeness (QED) is 0.439. The smallest absolute Gasteiger partial charge is 0.266 e. The standard InChI is InChI=1S/C24H21ClN4O3S/c1-16-19(23(25)29(27-16)18-13-14-33(31,32)15-18)11-12-22-26-21-10-6-5-9-20(21)24(30)28(22)17-7-3-2-4-8-17/h2-12,18H,13-15H2,1H3/b12-11+. The van der Waals surface area contributed by atoms with Crippen LogP contribution in [0.1, 0.15) is 29.5 Å². The lowest BCUT2D eigenvalue weighted by Crippen LogP contribution is -2.22. The van der Waals surface area contributed by atoms with Gasteiger partial charge in [0.2, 0.25) is 0 Å². The number of nitrogens with zero attached hydrogens (tertiary/aromatic N) is 4. The van der Waals surface area contributed by atoms with E-state index in [1.807, 2.05) is 49.4 Å². The van der Waals surface area contributed by atoms with Crippen molar-refractivity contribution in [2.75, 3.05) is 11.5 Å². The highest BCUT2D eigenvalue weighted by atomic mass is 35.5. The Hall–Kier alpha value is -3.23. The second kappa shape index (κ2) is 8.28. The predicted molar refractivity (Wildman–Crippen MR) is 131 cm³/mol. The minimum atomic E-state index is -3.07. The fraction of sp³-hybridized carbons (Fsp3) is 0.208. The van der Waals surface area contributed by atoms with Gasteiger partial charge in [0, 0.05) is 5.56 Å². The van der Waals surface area contributed by atoms with Crippen molar-refractivity contribution in [3.63, 3.8) is 0 Å². The Labute approximate surface area is 195 Å². The highest BCUT2D eigenvalue weighted by Gasteiger charge is 2.31. The molecule has 7 nitrogen and oxygen atoms in total. The van der Waals surface area contributed by atoms with Crippen molar-refractivity contribution >= 4 is 44.5 Å². The van der Waals surface area contributed by atoms with Gasteiger partial charge >= 0.3 is 0 Å². The number of rotatable bonds is 4. The van der Waals surface area contributed by atoms with E-state index in [4.69, 9.17) is 16.6 Å². The highest BCUT2D eigenvalue weighted by molar-refractivity contribution is 7.91. The summed E-state index contributed by atoms with van der Waals surface area (Å²) in [6, 6.07) is 16.3. The third-order valence-electron chi connectivity index (χ3n) is 5.84. The Bertz CT molecular complexity index is 1560.